The molecule has 0 aromatic heterocycles. The molecule has 2 saturated heterocycles. The van der Waals surface area contributed by atoms with Crippen molar-refractivity contribution < 1.29 is 38.6 Å². The SMILES string of the molecule is COC(=O)c1ccc2c(c1)C1(CCN(C(=O)c3ccccc3Cl)CC1)C(=O)N2.O=C(O)c1ccc2c(c1)C1(CCN(C(=O)c3ccccc3Cl)CC1)C(=O)N2. The Labute approximate surface area is 326 Å². The molecule has 4 amide bonds. The van der Waals surface area contributed by atoms with Crippen LogP contribution in [0.1, 0.15) is 78.2 Å². The van der Waals surface area contributed by atoms with Gasteiger partial charge in [-0.15, -0.1) is 0 Å². The summed E-state index contributed by atoms with van der Waals surface area (Å²) in [5, 5.41) is 15.8. The minimum absolute atomic E-state index is 0.0886. The molecule has 2 fully saturated rings. The fourth-order valence-electron chi connectivity index (χ4n) is 7.99. The number of carbonyl (C=O) groups is 6. The van der Waals surface area contributed by atoms with Crippen molar-refractivity contribution in [3.8, 4) is 0 Å². The standard InChI is InChI=1S/C21H19ClN2O4.C20H17ClN2O4/c1-28-19(26)13-6-7-17-15(12-13)21(20(27)23-17)8-10-24(11-9-21)18(25)14-4-2-3-5-16(14)22;21-15-4-2-1-3-13(15)17(24)23-9-7-20(8-10-23)14-11-12(18(25)26)5-6-16(14)22-19(20)27/h2-7,12H,8-11H2,1H3,(H,23,27);1-6,11H,7-10H2,(H,22,27)(H,25,26). The van der Waals surface area contributed by atoms with Crippen molar-refractivity contribution in [2.24, 2.45) is 0 Å². The van der Waals surface area contributed by atoms with Gasteiger partial charge in [-0.05, 0) is 97.5 Å². The number of halogens is 2. The summed E-state index contributed by atoms with van der Waals surface area (Å²) in [4.78, 5) is 77.7. The van der Waals surface area contributed by atoms with Gasteiger partial charge in [0.15, 0.2) is 0 Å². The lowest BCUT2D eigenvalue weighted by molar-refractivity contribution is -0.123. The van der Waals surface area contributed by atoms with E-state index in [1.54, 1.807) is 88.7 Å². The van der Waals surface area contributed by atoms with Crippen LogP contribution in [0.4, 0.5) is 11.4 Å². The van der Waals surface area contributed by atoms with E-state index in [9.17, 15) is 33.9 Å². The van der Waals surface area contributed by atoms with Crippen LogP contribution in [0.25, 0.3) is 0 Å². The zero-order valence-electron chi connectivity index (χ0n) is 29.7. The van der Waals surface area contributed by atoms with E-state index in [1.165, 1.54) is 13.2 Å². The number of anilines is 2. The number of carboxylic acids is 1. The predicted octanol–water partition coefficient (Wildman–Crippen LogP) is 6.42. The van der Waals surface area contributed by atoms with Crippen molar-refractivity contribution in [1.29, 1.82) is 0 Å². The molecule has 0 radical (unpaired) electrons. The van der Waals surface area contributed by atoms with Crippen LogP contribution in [0.5, 0.6) is 0 Å². The van der Waals surface area contributed by atoms with Crippen molar-refractivity contribution in [2.45, 2.75) is 36.5 Å². The molecule has 0 bridgehead atoms. The number of ether oxygens (including phenoxy) is 1. The molecule has 4 aliphatic heterocycles. The van der Waals surface area contributed by atoms with Crippen molar-refractivity contribution in [1.82, 2.24) is 9.80 Å². The van der Waals surface area contributed by atoms with E-state index >= 15 is 0 Å². The number of benzene rings is 4. The largest absolute Gasteiger partial charge is 0.478 e. The third-order valence-electron chi connectivity index (χ3n) is 11.1. The number of carboxylic acid groups (broad SMARTS) is 1. The first-order valence-corrected chi connectivity index (χ1v) is 18.5. The summed E-state index contributed by atoms with van der Waals surface area (Å²) < 4.78 is 4.80. The first-order chi connectivity index (χ1) is 26.4. The molecule has 2 spiro atoms. The number of hydrogen-bond donors (Lipinski definition) is 3. The van der Waals surface area contributed by atoms with Gasteiger partial charge >= 0.3 is 11.9 Å². The third kappa shape index (κ3) is 6.70. The number of amides is 4. The second-order valence-electron chi connectivity index (χ2n) is 13.9. The van der Waals surface area contributed by atoms with Crippen LogP contribution in [-0.2, 0) is 25.2 Å². The summed E-state index contributed by atoms with van der Waals surface area (Å²) in [5.41, 5.74) is 2.80. The van der Waals surface area contributed by atoms with Crippen LogP contribution in [0.2, 0.25) is 10.0 Å². The number of nitrogens with zero attached hydrogens (tertiary/aromatic N) is 2. The number of nitrogens with one attached hydrogen (secondary N) is 2. The molecular weight excluding hydrogens is 747 g/mol. The van der Waals surface area contributed by atoms with E-state index in [2.05, 4.69) is 10.6 Å². The van der Waals surface area contributed by atoms with E-state index < -0.39 is 22.8 Å². The zero-order chi connectivity index (χ0) is 39.1. The average Bonchev–Trinajstić information content (AvgIpc) is 3.62. The maximum Gasteiger partial charge on any atom is 0.337 e. The normalized spacial score (nSPS) is 17.4. The van der Waals surface area contributed by atoms with E-state index in [-0.39, 0.29) is 29.2 Å². The van der Waals surface area contributed by atoms with Gasteiger partial charge in [0.25, 0.3) is 11.8 Å². The van der Waals surface area contributed by atoms with Gasteiger partial charge in [0, 0.05) is 37.6 Å². The number of piperidine rings is 2. The quantitative estimate of drug-likeness (QED) is 0.200. The Morgan fingerprint density at radius 2 is 1.04 bits per heavy atom. The van der Waals surface area contributed by atoms with Crippen LogP contribution >= 0.6 is 23.2 Å². The lowest BCUT2D eigenvalue weighted by Gasteiger charge is -2.38. The second kappa shape index (κ2) is 14.8. The highest BCUT2D eigenvalue weighted by atomic mass is 35.5. The maximum absolute atomic E-state index is 12.8. The van der Waals surface area contributed by atoms with Crippen LogP contribution < -0.4 is 10.6 Å². The first kappa shape index (κ1) is 37.6. The number of carbonyl (C=O) groups excluding carboxylic acids is 5. The molecule has 0 unspecified atom stereocenters. The molecule has 0 saturated carbocycles. The lowest BCUT2D eigenvalue weighted by atomic mass is 9.73. The Bertz CT molecular complexity index is 2260. The molecule has 4 heterocycles. The summed E-state index contributed by atoms with van der Waals surface area (Å²) in [7, 11) is 1.33. The van der Waals surface area contributed by atoms with Gasteiger partial charge in [0.2, 0.25) is 11.8 Å². The van der Waals surface area contributed by atoms with Gasteiger partial charge in [-0.2, -0.15) is 0 Å². The Kier molecular flexibility index (Phi) is 10.1. The fourth-order valence-corrected chi connectivity index (χ4v) is 8.42. The highest BCUT2D eigenvalue weighted by Crippen LogP contribution is 2.47. The van der Waals surface area contributed by atoms with E-state index in [1.807, 2.05) is 0 Å². The van der Waals surface area contributed by atoms with Crippen molar-refractivity contribution in [3.63, 3.8) is 0 Å². The molecule has 3 N–H and O–H groups in total. The minimum Gasteiger partial charge on any atom is -0.478 e. The summed E-state index contributed by atoms with van der Waals surface area (Å²) in [6, 6.07) is 23.6. The number of rotatable bonds is 4. The molecule has 4 aromatic rings. The molecular formula is C41H36Cl2N4O8. The van der Waals surface area contributed by atoms with Crippen LogP contribution in [0.3, 0.4) is 0 Å². The maximum atomic E-state index is 12.8. The number of aromatic carboxylic acids is 1. The Morgan fingerprint density at radius 3 is 1.44 bits per heavy atom. The second-order valence-corrected chi connectivity index (χ2v) is 14.7. The van der Waals surface area contributed by atoms with Gasteiger partial charge in [0.1, 0.15) is 0 Å². The molecule has 4 aliphatic rings. The summed E-state index contributed by atoms with van der Waals surface area (Å²) >= 11 is 12.3. The fraction of sp³-hybridized carbons (Fsp3) is 0.268. The third-order valence-corrected chi connectivity index (χ3v) is 11.8. The van der Waals surface area contributed by atoms with E-state index in [0.717, 1.165) is 5.56 Å². The number of hydrogen-bond acceptors (Lipinski definition) is 7. The Hall–Kier alpha value is -5.72. The van der Waals surface area contributed by atoms with E-state index in [4.69, 9.17) is 27.9 Å². The van der Waals surface area contributed by atoms with Gasteiger partial charge in [-0.3, -0.25) is 19.2 Å². The van der Waals surface area contributed by atoms with Crippen LogP contribution in [-0.4, -0.2) is 83.8 Å². The summed E-state index contributed by atoms with van der Waals surface area (Å²) in [6.45, 7) is 1.65. The minimum atomic E-state index is -1.03. The number of esters is 1. The number of fused-ring (bicyclic) bond motifs is 4. The molecule has 12 nitrogen and oxygen atoms in total. The highest BCUT2D eigenvalue weighted by Gasteiger charge is 2.50. The zero-order valence-corrected chi connectivity index (χ0v) is 31.2. The summed E-state index contributed by atoms with van der Waals surface area (Å²) in [6.07, 6.45) is 1.83. The molecule has 14 heteroatoms. The van der Waals surface area contributed by atoms with Gasteiger partial charge < -0.3 is 30.3 Å². The predicted molar refractivity (Wildman–Crippen MR) is 205 cm³/mol. The number of likely N-dealkylation sites (tertiary alicyclic amines) is 2. The lowest BCUT2D eigenvalue weighted by Crippen LogP contribution is -2.48. The van der Waals surface area contributed by atoms with Crippen LogP contribution in [0.15, 0.2) is 84.9 Å². The molecule has 282 valence electrons. The Balaban J connectivity index is 0.000000169. The molecule has 55 heavy (non-hydrogen) atoms. The highest BCUT2D eigenvalue weighted by molar-refractivity contribution is 6.34. The van der Waals surface area contributed by atoms with Crippen LogP contribution in [0, 0.1) is 0 Å². The van der Waals surface area contributed by atoms with Crippen molar-refractivity contribution in [3.05, 3.63) is 128 Å². The first-order valence-electron chi connectivity index (χ1n) is 17.7. The topological polar surface area (TPSA) is 162 Å². The average molecular weight is 784 g/mol. The monoisotopic (exact) mass is 782 g/mol. The smallest absolute Gasteiger partial charge is 0.337 e. The Morgan fingerprint density at radius 1 is 0.636 bits per heavy atom. The van der Waals surface area contributed by atoms with Crippen molar-refractivity contribution in [2.75, 3.05) is 43.9 Å². The van der Waals surface area contributed by atoms with Gasteiger partial charge in [-0.1, -0.05) is 47.5 Å². The van der Waals surface area contributed by atoms with Crippen molar-refractivity contribution >= 4 is 70.1 Å². The van der Waals surface area contributed by atoms with Gasteiger partial charge in [-0.25, -0.2) is 9.59 Å². The molecule has 0 atom stereocenters. The molecule has 8 rings (SSSR count). The van der Waals surface area contributed by atoms with E-state index in [0.29, 0.717) is 95.5 Å². The molecule has 0 aliphatic carbocycles. The molecule has 4 aromatic carbocycles. The van der Waals surface area contributed by atoms with Gasteiger partial charge in [0.05, 0.1) is 50.2 Å². The number of methoxy groups -OCH3 is 1. The summed E-state index contributed by atoms with van der Waals surface area (Å²) in [5.74, 6) is -1.99.